The lowest BCUT2D eigenvalue weighted by molar-refractivity contribution is -0.130. The minimum atomic E-state index is -0.951. The summed E-state index contributed by atoms with van der Waals surface area (Å²) in [5.74, 6) is -0.260. The van der Waals surface area contributed by atoms with Crippen LogP contribution >= 0.6 is 0 Å². The molecule has 1 fully saturated rings. The summed E-state index contributed by atoms with van der Waals surface area (Å²) in [5, 5.41) is 14.8. The Hall–Kier alpha value is -3.54. The van der Waals surface area contributed by atoms with Crippen molar-refractivity contribution >= 4 is 16.9 Å². The Bertz CT molecular complexity index is 1300. The molecule has 0 aliphatic carbocycles. The molecule has 4 heterocycles. The first-order chi connectivity index (χ1) is 14.3. The third kappa shape index (κ3) is 3.34. The van der Waals surface area contributed by atoms with E-state index in [1.165, 1.54) is 37.4 Å². The second-order valence-corrected chi connectivity index (χ2v) is 7.41. The van der Waals surface area contributed by atoms with Crippen molar-refractivity contribution in [3.63, 3.8) is 0 Å². The molecule has 30 heavy (non-hydrogen) atoms. The van der Waals surface area contributed by atoms with Crippen LogP contribution in [0.25, 0.3) is 11.0 Å². The predicted octanol–water partition coefficient (Wildman–Crippen LogP) is -1.88. The second-order valence-electron chi connectivity index (χ2n) is 7.41. The number of carbonyl (C=O) groups is 1. The van der Waals surface area contributed by atoms with Crippen molar-refractivity contribution in [1.82, 2.24) is 33.8 Å². The Morgan fingerprint density at radius 3 is 2.83 bits per heavy atom. The average Bonchev–Trinajstić information content (AvgIpc) is 3.27. The van der Waals surface area contributed by atoms with Gasteiger partial charge in [0.25, 0.3) is 11.1 Å². The van der Waals surface area contributed by atoms with E-state index in [-0.39, 0.29) is 37.5 Å². The molecule has 1 saturated heterocycles. The van der Waals surface area contributed by atoms with Gasteiger partial charge in [0.2, 0.25) is 5.91 Å². The van der Waals surface area contributed by atoms with Gasteiger partial charge in [-0.05, 0) is 6.92 Å². The number of likely N-dealkylation sites (tertiary alicyclic amines) is 1. The summed E-state index contributed by atoms with van der Waals surface area (Å²) in [5.41, 5.74) is -0.595. The Labute approximate surface area is 169 Å². The molecule has 3 aromatic rings. The van der Waals surface area contributed by atoms with Crippen LogP contribution in [0.2, 0.25) is 0 Å². The number of aryl methyl sites for hydroxylation is 3. The van der Waals surface area contributed by atoms with Gasteiger partial charge >= 0.3 is 5.69 Å². The highest BCUT2D eigenvalue weighted by Gasteiger charge is 2.35. The van der Waals surface area contributed by atoms with Gasteiger partial charge in [-0.25, -0.2) is 9.78 Å². The zero-order valence-electron chi connectivity index (χ0n) is 16.5. The standard InChI is InChI=1S/C18H21N7O5/c1-10-6-25(18(30)21-16(10)28)12-7-24(8-13(12)26)14(27)3-4-23-9-19-15-11(17(23)29)5-20-22(15)2/h5-6,9,12-13,26H,3-4,7-8H2,1-2H3,(H,21,28,30)/t12-,13-/m1/s1. The van der Waals surface area contributed by atoms with Gasteiger partial charge in [0, 0.05) is 44.9 Å². The highest BCUT2D eigenvalue weighted by molar-refractivity contribution is 5.76. The first-order valence-corrected chi connectivity index (χ1v) is 9.41. The molecular formula is C18H21N7O5. The topological polar surface area (TPSA) is 148 Å². The molecule has 1 aliphatic heterocycles. The summed E-state index contributed by atoms with van der Waals surface area (Å²) in [6.45, 7) is 1.87. The first-order valence-electron chi connectivity index (χ1n) is 9.41. The Morgan fingerprint density at radius 1 is 1.30 bits per heavy atom. The van der Waals surface area contributed by atoms with Gasteiger partial charge in [0.15, 0.2) is 5.65 Å². The van der Waals surface area contributed by atoms with Crippen molar-refractivity contribution in [3.8, 4) is 0 Å². The average molecular weight is 415 g/mol. The van der Waals surface area contributed by atoms with Gasteiger partial charge in [-0.3, -0.25) is 33.2 Å². The van der Waals surface area contributed by atoms with Crippen LogP contribution in [0.15, 0.2) is 33.1 Å². The summed E-state index contributed by atoms with van der Waals surface area (Å²) in [6, 6.07) is -0.659. The molecule has 0 spiro atoms. The van der Waals surface area contributed by atoms with Gasteiger partial charge in [0.05, 0.1) is 24.7 Å². The van der Waals surface area contributed by atoms with Crippen molar-refractivity contribution in [1.29, 1.82) is 0 Å². The Balaban J connectivity index is 1.47. The normalized spacial score (nSPS) is 19.0. The number of amides is 1. The molecule has 0 saturated carbocycles. The summed E-state index contributed by atoms with van der Waals surface area (Å²) in [4.78, 5) is 56.6. The molecule has 158 valence electrons. The maximum absolute atomic E-state index is 12.6. The highest BCUT2D eigenvalue weighted by Crippen LogP contribution is 2.21. The van der Waals surface area contributed by atoms with Crippen LogP contribution in [0.5, 0.6) is 0 Å². The lowest BCUT2D eigenvalue weighted by atomic mass is 10.2. The van der Waals surface area contributed by atoms with E-state index in [1.807, 2.05) is 0 Å². The molecule has 1 amide bonds. The minimum Gasteiger partial charge on any atom is -0.389 e. The van der Waals surface area contributed by atoms with Crippen LogP contribution in [-0.4, -0.2) is 64.0 Å². The largest absolute Gasteiger partial charge is 0.389 e. The molecule has 0 radical (unpaired) electrons. The van der Waals surface area contributed by atoms with E-state index in [4.69, 9.17) is 0 Å². The van der Waals surface area contributed by atoms with E-state index >= 15 is 0 Å². The van der Waals surface area contributed by atoms with E-state index in [0.29, 0.717) is 16.6 Å². The molecule has 2 N–H and O–H groups in total. The summed E-state index contributed by atoms with van der Waals surface area (Å²) in [6.07, 6.45) is 3.29. The number of aromatic amines is 1. The number of aliphatic hydroxyl groups excluding tert-OH is 1. The maximum atomic E-state index is 12.6. The van der Waals surface area contributed by atoms with Gasteiger partial charge in [-0.2, -0.15) is 5.10 Å². The molecule has 3 aromatic heterocycles. The maximum Gasteiger partial charge on any atom is 0.328 e. The molecule has 0 unspecified atom stereocenters. The number of aromatic nitrogens is 6. The minimum absolute atomic E-state index is 0.0341. The molecule has 4 rings (SSSR count). The number of β-amino-alcohol motifs (C(OH)–C–C–N with tert-alkyl or cyclic N) is 1. The van der Waals surface area contributed by atoms with Crippen LogP contribution in [0.4, 0.5) is 0 Å². The fourth-order valence-corrected chi connectivity index (χ4v) is 3.68. The number of aliphatic hydroxyl groups is 1. The van der Waals surface area contributed by atoms with Crippen LogP contribution in [0.1, 0.15) is 18.0 Å². The van der Waals surface area contributed by atoms with Crippen molar-refractivity contribution < 1.29 is 9.90 Å². The quantitative estimate of drug-likeness (QED) is 0.507. The molecule has 0 aromatic carbocycles. The molecule has 0 bridgehead atoms. The Kier molecular flexibility index (Phi) is 4.86. The van der Waals surface area contributed by atoms with Gasteiger partial charge < -0.3 is 10.0 Å². The fourth-order valence-electron chi connectivity index (χ4n) is 3.68. The lowest BCUT2D eigenvalue weighted by Gasteiger charge is -2.18. The molecule has 12 nitrogen and oxygen atoms in total. The summed E-state index contributed by atoms with van der Waals surface area (Å²) < 4.78 is 4.10. The van der Waals surface area contributed by atoms with Crippen molar-refractivity contribution in [2.45, 2.75) is 32.0 Å². The van der Waals surface area contributed by atoms with Gasteiger partial charge in [0.1, 0.15) is 5.39 Å². The molecular weight excluding hydrogens is 394 g/mol. The first kappa shape index (κ1) is 19.8. The van der Waals surface area contributed by atoms with E-state index in [9.17, 15) is 24.3 Å². The van der Waals surface area contributed by atoms with Crippen molar-refractivity contribution in [2.75, 3.05) is 13.1 Å². The molecule has 2 atom stereocenters. The third-order valence-electron chi connectivity index (χ3n) is 5.40. The van der Waals surface area contributed by atoms with E-state index < -0.39 is 23.4 Å². The summed E-state index contributed by atoms with van der Waals surface area (Å²) >= 11 is 0. The molecule has 1 aliphatic rings. The lowest BCUT2D eigenvalue weighted by Crippen LogP contribution is -2.37. The Morgan fingerprint density at radius 2 is 2.07 bits per heavy atom. The van der Waals surface area contributed by atoms with Crippen molar-refractivity contribution in [3.05, 3.63) is 55.5 Å². The van der Waals surface area contributed by atoms with Crippen LogP contribution in [0.3, 0.4) is 0 Å². The molecule has 12 heteroatoms. The zero-order valence-corrected chi connectivity index (χ0v) is 16.5. The van der Waals surface area contributed by atoms with E-state index in [0.717, 1.165) is 0 Å². The number of carbonyl (C=O) groups excluding carboxylic acids is 1. The predicted molar refractivity (Wildman–Crippen MR) is 105 cm³/mol. The SMILES string of the molecule is Cc1cn([C@@H]2CN(C(=O)CCn3cnc4c(cnn4C)c3=O)C[C@H]2O)c(=O)[nH]c1=O. The number of H-pyrrole nitrogens is 1. The number of hydrogen-bond acceptors (Lipinski definition) is 7. The smallest absolute Gasteiger partial charge is 0.328 e. The van der Waals surface area contributed by atoms with E-state index in [1.54, 1.807) is 14.0 Å². The monoisotopic (exact) mass is 415 g/mol. The fraction of sp³-hybridized carbons (Fsp3) is 0.444. The van der Waals surface area contributed by atoms with Gasteiger partial charge in [-0.1, -0.05) is 0 Å². The number of nitrogens with zero attached hydrogens (tertiary/aromatic N) is 6. The zero-order chi connectivity index (χ0) is 21.6. The van der Waals surface area contributed by atoms with Crippen LogP contribution < -0.4 is 16.8 Å². The summed E-state index contributed by atoms with van der Waals surface area (Å²) in [7, 11) is 1.69. The number of nitrogens with one attached hydrogen (secondary N) is 1. The number of rotatable bonds is 4. The van der Waals surface area contributed by atoms with Crippen molar-refractivity contribution in [2.24, 2.45) is 7.05 Å². The highest BCUT2D eigenvalue weighted by atomic mass is 16.3. The number of fused-ring (bicyclic) bond motifs is 1. The third-order valence-corrected chi connectivity index (χ3v) is 5.40. The second kappa shape index (κ2) is 7.37. The number of hydrogen-bond donors (Lipinski definition) is 2. The van der Waals surface area contributed by atoms with Crippen LogP contribution in [0, 0.1) is 6.92 Å². The van der Waals surface area contributed by atoms with E-state index in [2.05, 4.69) is 15.1 Å². The van der Waals surface area contributed by atoms with Gasteiger partial charge in [-0.15, -0.1) is 0 Å². The van der Waals surface area contributed by atoms with Crippen LogP contribution in [-0.2, 0) is 18.4 Å².